The Morgan fingerprint density at radius 2 is 1.88 bits per heavy atom. The molecule has 33 heavy (non-hydrogen) atoms. The molecule has 4 nitrogen and oxygen atoms in total. The van der Waals surface area contributed by atoms with E-state index in [1.54, 1.807) is 18.3 Å². The number of nitrogens with one attached hydrogen (secondary N) is 1. The average Bonchev–Trinajstić information content (AvgIpc) is 3.53. The molecule has 6 heteroatoms. The van der Waals surface area contributed by atoms with Crippen LogP contribution in [0.1, 0.15) is 29.5 Å². The number of rotatable bonds is 6. The Labute approximate surface area is 195 Å². The summed E-state index contributed by atoms with van der Waals surface area (Å²) in [4.78, 5) is 12.1. The highest BCUT2D eigenvalue weighted by Crippen LogP contribution is 2.51. The van der Waals surface area contributed by atoms with Gasteiger partial charge in [0.2, 0.25) is 0 Å². The summed E-state index contributed by atoms with van der Waals surface area (Å²) < 4.78 is 19.5. The number of carbonyl (C=O) groups is 1. The molecule has 1 aliphatic rings. The number of carbonyl (C=O) groups excluding carboxylic acids is 1. The standard InChI is InChI=1S/C27H20ClFN2O2/c1-2-25(32)33-24-9-4-3-6-20(24)27(18-7-5-8-23-21(18)15-30-31-23)26(16-10-11-16)19-13-12-17(29)14-22(19)28/h2-9,12-16H,1,10-11H2,(H,30,31)/b27-26+. The monoisotopic (exact) mass is 458 g/mol. The third kappa shape index (κ3) is 4.08. The summed E-state index contributed by atoms with van der Waals surface area (Å²) >= 11 is 6.57. The molecule has 0 atom stereocenters. The lowest BCUT2D eigenvalue weighted by Crippen LogP contribution is -2.07. The van der Waals surface area contributed by atoms with Gasteiger partial charge in [-0.3, -0.25) is 5.10 Å². The van der Waals surface area contributed by atoms with Crippen LogP contribution >= 0.6 is 11.6 Å². The van der Waals surface area contributed by atoms with Crippen molar-refractivity contribution >= 4 is 39.6 Å². The number of aromatic nitrogens is 2. The van der Waals surface area contributed by atoms with Gasteiger partial charge in [0.05, 0.1) is 16.7 Å². The quantitative estimate of drug-likeness (QED) is 0.149. The third-order valence-corrected chi connectivity index (χ3v) is 6.08. The maximum atomic E-state index is 13.9. The summed E-state index contributed by atoms with van der Waals surface area (Å²) in [7, 11) is 0. The molecule has 0 unspecified atom stereocenters. The smallest absolute Gasteiger partial charge is 0.335 e. The number of aromatic amines is 1. The minimum atomic E-state index is -0.545. The van der Waals surface area contributed by atoms with Crippen LogP contribution < -0.4 is 4.74 Å². The first-order valence-electron chi connectivity index (χ1n) is 10.6. The van der Waals surface area contributed by atoms with Crippen LogP contribution in [0.15, 0.2) is 79.5 Å². The normalized spacial score (nSPS) is 14.1. The van der Waals surface area contributed by atoms with Crippen LogP contribution in [-0.4, -0.2) is 16.2 Å². The van der Waals surface area contributed by atoms with Gasteiger partial charge in [-0.2, -0.15) is 5.10 Å². The first-order chi connectivity index (χ1) is 16.1. The summed E-state index contributed by atoms with van der Waals surface area (Å²) in [5.74, 6) is -0.281. The van der Waals surface area contributed by atoms with Crippen LogP contribution in [0.5, 0.6) is 5.75 Å². The summed E-state index contributed by atoms with van der Waals surface area (Å²) in [5.41, 5.74) is 5.18. The number of halogens is 2. The molecule has 0 radical (unpaired) electrons. The van der Waals surface area contributed by atoms with Crippen LogP contribution in [0.2, 0.25) is 5.02 Å². The van der Waals surface area contributed by atoms with E-state index in [0.29, 0.717) is 10.8 Å². The van der Waals surface area contributed by atoms with Gasteiger partial charge in [-0.25, -0.2) is 9.18 Å². The number of esters is 1. The Kier molecular flexibility index (Phi) is 5.56. The Balaban J connectivity index is 1.87. The Morgan fingerprint density at radius 3 is 2.64 bits per heavy atom. The molecule has 164 valence electrons. The van der Waals surface area contributed by atoms with E-state index in [1.165, 1.54) is 12.1 Å². The molecule has 1 fully saturated rings. The number of ether oxygens (including phenoxy) is 1. The molecule has 4 aromatic rings. The molecule has 5 rings (SSSR count). The van der Waals surface area contributed by atoms with Crippen molar-refractivity contribution in [3.63, 3.8) is 0 Å². The van der Waals surface area contributed by atoms with Crippen LogP contribution in [0, 0.1) is 11.7 Å². The average molecular weight is 459 g/mol. The van der Waals surface area contributed by atoms with Gasteiger partial charge >= 0.3 is 5.97 Å². The van der Waals surface area contributed by atoms with E-state index >= 15 is 0 Å². The van der Waals surface area contributed by atoms with Crippen LogP contribution in [0.3, 0.4) is 0 Å². The molecule has 0 bridgehead atoms. The molecule has 1 saturated carbocycles. The summed E-state index contributed by atoms with van der Waals surface area (Å²) in [6.45, 7) is 3.51. The third-order valence-electron chi connectivity index (χ3n) is 5.76. The van der Waals surface area contributed by atoms with E-state index in [9.17, 15) is 9.18 Å². The zero-order chi connectivity index (χ0) is 22.9. The molecule has 1 N–H and O–H groups in total. The minimum absolute atomic E-state index is 0.244. The Bertz CT molecular complexity index is 1420. The van der Waals surface area contributed by atoms with Crippen molar-refractivity contribution in [3.05, 3.63) is 107 Å². The molecular weight excluding hydrogens is 439 g/mol. The van der Waals surface area contributed by atoms with Crippen LogP contribution in [0.4, 0.5) is 4.39 Å². The second-order valence-electron chi connectivity index (χ2n) is 7.95. The zero-order valence-electron chi connectivity index (χ0n) is 17.6. The van der Waals surface area contributed by atoms with Gasteiger partial charge in [0, 0.05) is 17.0 Å². The van der Waals surface area contributed by atoms with Crippen molar-refractivity contribution in [1.29, 1.82) is 0 Å². The fraction of sp³-hybridized carbons (Fsp3) is 0.111. The van der Waals surface area contributed by atoms with Crippen molar-refractivity contribution in [1.82, 2.24) is 10.2 Å². The second kappa shape index (κ2) is 8.68. The zero-order valence-corrected chi connectivity index (χ0v) is 18.4. The fourth-order valence-electron chi connectivity index (χ4n) is 4.17. The molecule has 1 aliphatic carbocycles. The predicted molar refractivity (Wildman–Crippen MR) is 128 cm³/mol. The molecule has 0 saturated heterocycles. The number of allylic oxidation sites excluding steroid dienone is 1. The van der Waals surface area contributed by atoms with Gasteiger partial charge in [-0.15, -0.1) is 0 Å². The largest absolute Gasteiger partial charge is 0.423 e. The number of nitrogens with zero attached hydrogens (tertiary/aromatic N) is 1. The highest BCUT2D eigenvalue weighted by atomic mass is 35.5. The molecule has 3 aromatic carbocycles. The van der Waals surface area contributed by atoms with Crippen molar-refractivity contribution in [2.75, 3.05) is 0 Å². The lowest BCUT2D eigenvalue weighted by molar-refractivity contribution is -0.128. The fourth-order valence-corrected chi connectivity index (χ4v) is 4.44. The molecule has 0 amide bonds. The lowest BCUT2D eigenvalue weighted by Gasteiger charge is -2.20. The van der Waals surface area contributed by atoms with Gasteiger partial charge in [0.1, 0.15) is 11.6 Å². The van der Waals surface area contributed by atoms with Gasteiger partial charge in [-0.05, 0) is 65.3 Å². The van der Waals surface area contributed by atoms with Gasteiger partial charge in [0.15, 0.2) is 0 Å². The topological polar surface area (TPSA) is 55.0 Å². The molecule has 0 spiro atoms. The lowest BCUT2D eigenvalue weighted by atomic mass is 9.85. The van der Waals surface area contributed by atoms with Crippen molar-refractivity contribution in [3.8, 4) is 5.75 Å². The SMILES string of the molecule is C=CC(=O)Oc1ccccc1/C(=C(/c1ccc(F)cc1Cl)C1CC1)c1cccc2[nH]ncc12. The molecule has 1 heterocycles. The first kappa shape index (κ1) is 21.2. The molecule has 1 aromatic heterocycles. The summed E-state index contributed by atoms with van der Waals surface area (Å²) in [6, 6.07) is 17.8. The number of fused-ring (bicyclic) bond motifs is 1. The van der Waals surface area contributed by atoms with Gasteiger partial charge in [0.25, 0.3) is 0 Å². The minimum Gasteiger partial charge on any atom is -0.423 e. The first-order valence-corrected chi connectivity index (χ1v) is 11.0. The molecule has 0 aliphatic heterocycles. The van der Waals surface area contributed by atoms with Crippen molar-refractivity contribution < 1.29 is 13.9 Å². The van der Waals surface area contributed by atoms with E-state index in [2.05, 4.69) is 16.8 Å². The van der Waals surface area contributed by atoms with E-state index in [-0.39, 0.29) is 5.92 Å². The number of hydrogen-bond acceptors (Lipinski definition) is 3. The Morgan fingerprint density at radius 1 is 1.09 bits per heavy atom. The summed E-state index contributed by atoms with van der Waals surface area (Å²) in [6.07, 6.45) is 4.89. The van der Waals surface area contributed by atoms with E-state index in [1.807, 2.05) is 36.4 Å². The van der Waals surface area contributed by atoms with Gasteiger partial charge < -0.3 is 4.74 Å². The van der Waals surface area contributed by atoms with E-state index in [0.717, 1.165) is 57.7 Å². The van der Waals surface area contributed by atoms with Crippen molar-refractivity contribution in [2.24, 2.45) is 5.92 Å². The van der Waals surface area contributed by atoms with Crippen molar-refractivity contribution in [2.45, 2.75) is 12.8 Å². The maximum absolute atomic E-state index is 13.9. The van der Waals surface area contributed by atoms with E-state index < -0.39 is 11.8 Å². The Hall–Kier alpha value is -3.70. The van der Waals surface area contributed by atoms with Crippen LogP contribution in [0.25, 0.3) is 22.0 Å². The highest BCUT2D eigenvalue weighted by Gasteiger charge is 2.33. The van der Waals surface area contributed by atoms with E-state index in [4.69, 9.17) is 16.3 Å². The van der Waals surface area contributed by atoms with Gasteiger partial charge in [-0.1, -0.05) is 54.6 Å². The van der Waals surface area contributed by atoms with Crippen LogP contribution in [-0.2, 0) is 4.79 Å². The predicted octanol–water partition coefficient (Wildman–Crippen LogP) is 6.82. The summed E-state index contributed by atoms with van der Waals surface area (Å²) in [5, 5.41) is 8.51. The number of hydrogen-bond donors (Lipinski definition) is 1. The number of para-hydroxylation sites is 1. The molecular formula is C27H20ClFN2O2. The second-order valence-corrected chi connectivity index (χ2v) is 8.35. The number of H-pyrrole nitrogens is 1. The maximum Gasteiger partial charge on any atom is 0.335 e. The number of benzene rings is 3. The highest BCUT2D eigenvalue weighted by molar-refractivity contribution is 6.33.